The molecule has 0 spiro atoms. The molecule has 1 amide bonds. The lowest BCUT2D eigenvalue weighted by Crippen LogP contribution is -2.13. The number of rotatable bonds is 5. The van der Waals surface area contributed by atoms with Crippen molar-refractivity contribution in [1.82, 2.24) is 9.78 Å². The smallest absolute Gasteiger partial charge is 0.341 e. The molecule has 0 radical (unpaired) electrons. The van der Waals surface area contributed by atoms with Crippen LogP contribution < -0.4 is 5.32 Å². The number of halogens is 1. The van der Waals surface area contributed by atoms with E-state index in [0.29, 0.717) is 27.0 Å². The van der Waals surface area contributed by atoms with Crippen LogP contribution in [0.5, 0.6) is 0 Å². The predicted molar refractivity (Wildman–Crippen MR) is 106 cm³/mol. The van der Waals surface area contributed by atoms with E-state index in [4.69, 9.17) is 16.3 Å². The molecule has 0 atom stereocenters. The third kappa shape index (κ3) is 3.65. The van der Waals surface area contributed by atoms with Crippen molar-refractivity contribution in [2.45, 2.75) is 25.8 Å². The van der Waals surface area contributed by atoms with Crippen LogP contribution in [-0.4, -0.2) is 28.8 Å². The lowest BCUT2D eigenvalue weighted by molar-refractivity contribution is 0.0601. The van der Waals surface area contributed by atoms with Crippen LogP contribution in [0.1, 0.15) is 42.5 Å². The molecule has 0 saturated carbocycles. The minimum absolute atomic E-state index is 0.227. The van der Waals surface area contributed by atoms with Crippen molar-refractivity contribution in [2.24, 2.45) is 0 Å². The average Bonchev–Trinajstić information content (AvgIpc) is 3.40. The van der Waals surface area contributed by atoms with Crippen LogP contribution in [0.15, 0.2) is 23.8 Å². The summed E-state index contributed by atoms with van der Waals surface area (Å²) >= 11 is 8.70. The molecule has 0 aromatic carbocycles. The fraction of sp³-hybridized carbons (Fsp3) is 0.278. The number of amides is 1. The van der Waals surface area contributed by atoms with Gasteiger partial charge in [0.15, 0.2) is 0 Å². The monoisotopic (exact) mass is 421 g/mol. The maximum Gasteiger partial charge on any atom is 0.341 e. The van der Waals surface area contributed by atoms with Gasteiger partial charge in [-0.25, -0.2) is 4.79 Å². The van der Waals surface area contributed by atoms with Gasteiger partial charge in [-0.05, 0) is 41.8 Å². The van der Waals surface area contributed by atoms with Crippen molar-refractivity contribution in [3.63, 3.8) is 0 Å². The second-order valence-corrected chi connectivity index (χ2v) is 8.64. The van der Waals surface area contributed by atoms with Gasteiger partial charge in [-0.2, -0.15) is 5.10 Å². The fourth-order valence-corrected chi connectivity index (χ4v) is 5.39. The number of carbonyl (C=O) groups excluding carboxylic acids is 2. The number of anilines is 1. The number of fused-ring (bicyclic) bond motifs is 1. The number of hydrogen-bond acceptors (Lipinski definition) is 6. The Morgan fingerprint density at radius 2 is 2.26 bits per heavy atom. The number of esters is 1. The molecule has 0 fully saturated rings. The van der Waals surface area contributed by atoms with E-state index in [-0.39, 0.29) is 5.91 Å². The van der Waals surface area contributed by atoms with Crippen LogP contribution in [0.3, 0.4) is 0 Å². The van der Waals surface area contributed by atoms with Crippen LogP contribution in [-0.2, 0) is 24.1 Å². The summed E-state index contributed by atoms with van der Waals surface area (Å²) in [4.78, 5) is 26.6. The van der Waals surface area contributed by atoms with Gasteiger partial charge in [0.05, 0.1) is 35.3 Å². The first-order valence-electron chi connectivity index (χ1n) is 8.34. The summed E-state index contributed by atoms with van der Waals surface area (Å²) in [6, 6.07) is 1.83. The molecule has 3 heterocycles. The number of ether oxygens (including phenoxy) is 1. The summed E-state index contributed by atoms with van der Waals surface area (Å²) in [7, 11) is 1.36. The van der Waals surface area contributed by atoms with E-state index >= 15 is 0 Å². The Morgan fingerprint density at radius 1 is 1.41 bits per heavy atom. The van der Waals surface area contributed by atoms with E-state index in [9.17, 15) is 9.59 Å². The van der Waals surface area contributed by atoms with Crippen LogP contribution in [0.25, 0.3) is 0 Å². The molecule has 0 unspecified atom stereocenters. The first-order valence-corrected chi connectivity index (χ1v) is 10.4. The highest BCUT2D eigenvalue weighted by atomic mass is 35.5. The largest absolute Gasteiger partial charge is 0.465 e. The van der Waals surface area contributed by atoms with E-state index in [0.717, 1.165) is 35.3 Å². The van der Waals surface area contributed by atoms with Crippen molar-refractivity contribution >= 4 is 51.2 Å². The number of hydrogen-bond donors (Lipinski definition) is 1. The van der Waals surface area contributed by atoms with Crippen molar-refractivity contribution in [3.05, 3.63) is 55.3 Å². The zero-order chi connectivity index (χ0) is 19.0. The Kier molecular flexibility index (Phi) is 5.03. The molecule has 0 bridgehead atoms. The topological polar surface area (TPSA) is 73.2 Å². The highest BCUT2D eigenvalue weighted by Crippen LogP contribution is 2.39. The van der Waals surface area contributed by atoms with E-state index in [1.165, 1.54) is 29.8 Å². The number of nitrogens with zero attached hydrogens (tertiary/aromatic N) is 2. The highest BCUT2D eigenvalue weighted by molar-refractivity contribution is 7.17. The second kappa shape index (κ2) is 7.46. The van der Waals surface area contributed by atoms with Gasteiger partial charge in [0.25, 0.3) is 5.91 Å². The van der Waals surface area contributed by atoms with Gasteiger partial charge in [-0.1, -0.05) is 11.6 Å². The van der Waals surface area contributed by atoms with Crippen LogP contribution in [0.4, 0.5) is 5.00 Å². The number of methoxy groups -OCH3 is 1. The van der Waals surface area contributed by atoms with Crippen molar-refractivity contribution < 1.29 is 14.3 Å². The summed E-state index contributed by atoms with van der Waals surface area (Å²) in [5.41, 5.74) is 2.49. The third-order valence-corrected chi connectivity index (χ3v) is 6.74. The first kappa shape index (κ1) is 18.2. The Bertz CT molecular complexity index is 1020. The number of carbonyl (C=O) groups is 2. The number of aryl methyl sites for hydroxylation is 1. The normalized spacial score (nSPS) is 12.8. The Morgan fingerprint density at radius 3 is 3.00 bits per heavy atom. The zero-order valence-electron chi connectivity index (χ0n) is 14.5. The van der Waals surface area contributed by atoms with Gasteiger partial charge in [0.2, 0.25) is 0 Å². The fourth-order valence-electron chi connectivity index (χ4n) is 3.16. The maximum absolute atomic E-state index is 12.7. The van der Waals surface area contributed by atoms with Gasteiger partial charge < -0.3 is 10.1 Å². The summed E-state index contributed by atoms with van der Waals surface area (Å²) in [5, 5.41) is 10.1. The molecular formula is C18H16ClN3O3S2. The Hall–Kier alpha value is -2.16. The summed E-state index contributed by atoms with van der Waals surface area (Å²) in [6.45, 7) is 0.539. The van der Waals surface area contributed by atoms with E-state index in [2.05, 4.69) is 10.4 Å². The maximum atomic E-state index is 12.7. The van der Waals surface area contributed by atoms with E-state index in [1.807, 2.05) is 11.4 Å². The molecule has 4 rings (SSSR count). The van der Waals surface area contributed by atoms with Gasteiger partial charge >= 0.3 is 5.97 Å². The van der Waals surface area contributed by atoms with Gasteiger partial charge in [-0.15, -0.1) is 22.7 Å². The van der Waals surface area contributed by atoms with Crippen LogP contribution in [0, 0.1) is 0 Å². The van der Waals surface area contributed by atoms with Gasteiger partial charge in [-0.3, -0.25) is 9.48 Å². The SMILES string of the molecule is COC(=O)c1c(NC(=O)c2cc(Cn3cc(Cl)cn3)cs2)sc2c1CCC2. The highest BCUT2D eigenvalue weighted by Gasteiger charge is 2.28. The minimum Gasteiger partial charge on any atom is -0.465 e. The number of thiophene rings is 2. The van der Waals surface area contributed by atoms with Crippen LogP contribution in [0.2, 0.25) is 5.02 Å². The van der Waals surface area contributed by atoms with Crippen molar-refractivity contribution in [3.8, 4) is 0 Å². The molecule has 1 N–H and O–H groups in total. The molecule has 3 aromatic rings. The zero-order valence-corrected chi connectivity index (χ0v) is 16.8. The molecule has 0 aliphatic heterocycles. The lowest BCUT2D eigenvalue weighted by atomic mass is 10.1. The van der Waals surface area contributed by atoms with E-state index in [1.54, 1.807) is 17.1 Å². The summed E-state index contributed by atoms with van der Waals surface area (Å²) in [6.07, 6.45) is 6.13. The minimum atomic E-state index is -0.396. The predicted octanol–water partition coefficient (Wildman–Crippen LogP) is 4.24. The van der Waals surface area contributed by atoms with Crippen LogP contribution >= 0.6 is 34.3 Å². The average molecular weight is 422 g/mol. The Labute approximate surface area is 168 Å². The first-order chi connectivity index (χ1) is 13.0. The molecule has 27 heavy (non-hydrogen) atoms. The van der Waals surface area contributed by atoms with Crippen molar-refractivity contribution in [2.75, 3.05) is 12.4 Å². The lowest BCUT2D eigenvalue weighted by Gasteiger charge is -2.06. The quantitative estimate of drug-likeness (QED) is 0.625. The summed E-state index contributed by atoms with van der Waals surface area (Å²) < 4.78 is 6.63. The number of nitrogens with one attached hydrogen (secondary N) is 1. The number of aromatic nitrogens is 2. The third-order valence-electron chi connectivity index (χ3n) is 4.36. The Balaban J connectivity index is 1.52. The van der Waals surface area contributed by atoms with Gasteiger partial charge in [0.1, 0.15) is 5.00 Å². The molecule has 140 valence electrons. The molecule has 1 aliphatic rings. The second-order valence-electron chi connectivity index (χ2n) is 6.18. The molecule has 0 saturated heterocycles. The van der Waals surface area contributed by atoms with Gasteiger partial charge in [0, 0.05) is 11.1 Å². The molecule has 3 aromatic heterocycles. The molecule has 9 heteroatoms. The molecular weight excluding hydrogens is 406 g/mol. The van der Waals surface area contributed by atoms with E-state index < -0.39 is 5.97 Å². The summed E-state index contributed by atoms with van der Waals surface area (Å²) in [5.74, 6) is -0.623. The standard InChI is InChI=1S/C18H16ClN3O3S2/c1-25-18(24)15-12-3-2-4-13(12)27-17(15)21-16(23)14-5-10(9-26-14)7-22-8-11(19)6-20-22/h5-6,8-9H,2-4,7H2,1H3,(H,21,23). The van der Waals surface area contributed by atoms with Crippen molar-refractivity contribution in [1.29, 1.82) is 0 Å². The molecule has 6 nitrogen and oxygen atoms in total. The molecule has 1 aliphatic carbocycles.